The highest BCUT2D eigenvalue weighted by Gasteiger charge is 2.21. The minimum absolute atomic E-state index is 0.165. The van der Waals surface area contributed by atoms with Gasteiger partial charge >= 0.3 is 5.97 Å². The van der Waals surface area contributed by atoms with Crippen LogP contribution in [0.4, 0.5) is 0 Å². The molecule has 0 unspecified atom stereocenters. The van der Waals surface area contributed by atoms with Crippen LogP contribution in [0.15, 0.2) is 58.6 Å². The first-order chi connectivity index (χ1) is 15.2. The zero-order valence-electron chi connectivity index (χ0n) is 18.6. The van der Waals surface area contributed by atoms with Crippen molar-refractivity contribution in [1.82, 2.24) is 14.8 Å². The number of thioether (sulfide) groups is 1. The van der Waals surface area contributed by atoms with Crippen LogP contribution >= 0.6 is 11.8 Å². The third-order valence-corrected chi connectivity index (χ3v) is 7.38. The number of hydrogen-bond donors (Lipinski definition) is 0. The fraction of sp³-hybridized carbons (Fsp3) is 0.348. The maximum absolute atomic E-state index is 12.8. The van der Waals surface area contributed by atoms with Gasteiger partial charge in [0.1, 0.15) is 11.6 Å². The zero-order chi connectivity index (χ0) is 23.3. The van der Waals surface area contributed by atoms with E-state index in [-0.39, 0.29) is 22.7 Å². The Hall–Kier alpha value is -2.65. The van der Waals surface area contributed by atoms with Crippen LogP contribution in [0.1, 0.15) is 48.1 Å². The zero-order valence-corrected chi connectivity index (χ0v) is 20.2. The summed E-state index contributed by atoms with van der Waals surface area (Å²) in [6.45, 7) is 8.04. The molecule has 9 heteroatoms. The Morgan fingerprint density at radius 3 is 2.31 bits per heavy atom. The van der Waals surface area contributed by atoms with E-state index < -0.39 is 9.84 Å². The maximum Gasteiger partial charge on any atom is 0.338 e. The van der Waals surface area contributed by atoms with E-state index in [9.17, 15) is 13.2 Å². The molecular weight excluding hydrogens is 446 g/mol. The number of rotatable bonds is 9. The molecule has 2 aromatic carbocycles. The molecule has 0 spiro atoms. The summed E-state index contributed by atoms with van der Waals surface area (Å²) in [5.41, 5.74) is 2.52. The lowest BCUT2D eigenvalue weighted by Gasteiger charge is -2.09. The number of ether oxygens (including phenoxy) is 1. The molecule has 0 N–H and O–H groups in total. The van der Waals surface area contributed by atoms with Crippen LogP contribution in [0.2, 0.25) is 0 Å². The third-order valence-electron chi connectivity index (χ3n) is 4.71. The van der Waals surface area contributed by atoms with E-state index in [0.717, 1.165) is 11.1 Å². The molecule has 1 heterocycles. The van der Waals surface area contributed by atoms with E-state index in [1.165, 1.54) is 11.8 Å². The van der Waals surface area contributed by atoms with Crippen LogP contribution in [-0.4, -0.2) is 35.3 Å². The van der Waals surface area contributed by atoms with Gasteiger partial charge in [-0.05, 0) is 57.5 Å². The smallest absolute Gasteiger partial charge is 0.338 e. The second-order valence-corrected chi connectivity index (χ2v) is 10.6. The van der Waals surface area contributed by atoms with Crippen molar-refractivity contribution < 1.29 is 17.9 Å². The van der Waals surface area contributed by atoms with Gasteiger partial charge in [0.2, 0.25) is 0 Å². The minimum atomic E-state index is -3.51. The molecule has 0 aliphatic heterocycles. The lowest BCUT2D eigenvalue weighted by Crippen LogP contribution is -2.11. The summed E-state index contributed by atoms with van der Waals surface area (Å²) >= 11 is 1.47. The lowest BCUT2D eigenvalue weighted by atomic mass is 10.1. The van der Waals surface area contributed by atoms with Gasteiger partial charge in [-0.25, -0.2) is 13.2 Å². The van der Waals surface area contributed by atoms with Gasteiger partial charge < -0.3 is 9.30 Å². The molecule has 0 fully saturated rings. The van der Waals surface area contributed by atoms with E-state index in [2.05, 4.69) is 10.2 Å². The second-order valence-electron chi connectivity index (χ2n) is 7.65. The van der Waals surface area contributed by atoms with Crippen molar-refractivity contribution in [3.05, 3.63) is 71.0 Å². The van der Waals surface area contributed by atoms with Gasteiger partial charge in [0.05, 0.1) is 16.6 Å². The summed E-state index contributed by atoms with van der Waals surface area (Å²) in [6, 6.07) is 14.0. The van der Waals surface area contributed by atoms with E-state index in [0.29, 0.717) is 28.8 Å². The highest BCUT2D eigenvalue weighted by Crippen LogP contribution is 2.24. The van der Waals surface area contributed by atoms with Gasteiger partial charge in [-0.1, -0.05) is 41.6 Å². The molecule has 0 aliphatic rings. The topological polar surface area (TPSA) is 91.1 Å². The highest BCUT2D eigenvalue weighted by molar-refractivity contribution is 7.98. The van der Waals surface area contributed by atoms with Crippen LogP contribution < -0.4 is 0 Å². The summed E-state index contributed by atoms with van der Waals surface area (Å²) < 4.78 is 32.6. The largest absolute Gasteiger partial charge is 0.459 e. The molecule has 170 valence electrons. The summed E-state index contributed by atoms with van der Waals surface area (Å²) in [5, 5.41) is 9.01. The highest BCUT2D eigenvalue weighted by atomic mass is 32.2. The number of aryl methyl sites for hydroxylation is 1. The molecule has 0 aliphatic carbocycles. The van der Waals surface area contributed by atoms with Gasteiger partial charge in [0.25, 0.3) is 0 Å². The van der Waals surface area contributed by atoms with E-state index >= 15 is 0 Å². The van der Waals surface area contributed by atoms with Gasteiger partial charge in [-0.15, -0.1) is 10.2 Å². The summed E-state index contributed by atoms with van der Waals surface area (Å²) in [5.74, 6) is 0.485. The van der Waals surface area contributed by atoms with Gasteiger partial charge in [0.15, 0.2) is 15.0 Å². The number of sulfone groups is 1. The average molecular weight is 474 g/mol. The molecule has 0 amide bonds. The van der Waals surface area contributed by atoms with Crippen molar-refractivity contribution in [3.8, 4) is 0 Å². The Kier molecular flexibility index (Phi) is 7.73. The van der Waals surface area contributed by atoms with Gasteiger partial charge in [0, 0.05) is 12.3 Å². The quantitative estimate of drug-likeness (QED) is 0.335. The molecule has 0 bridgehead atoms. The van der Waals surface area contributed by atoms with Crippen molar-refractivity contribution in [1.29, 1.82) is 0 Å². The molecule has 7 nitrogen and oxygen atoms in total. The predicted octanol–water partition coefficient (Wildman–Crippen LogP) is 4.44. The van der Waals surface area contributed by atoms with Crippen LogP contribution in [0.25, 0.3) is 0 Å². The standard InChI is InChI=1S/C23H27N3O4S2/c1-5-26-21(15-32(28,29)20-12-6-17(4)7-13-20)24-25-23(26)31-14-18-8-10-19(11-9-18)22(27)30-16(2)3/h6-13,16H,5,14-15H2,1-4H3. The lowest BCUT2D eigenvalue weighted by molar-refractivity contribution is 0.0378. The van der Waals surface area contributed by atoms with E-state index in [1.807, 2.05) is 44.4 Å². The Labute approximate surface area is 193 Å². The normalized spacial score (nSPS) is 11.7. The van der Waals surface area contributed by atoms with Crippen molar-refractivity contribution in [3.63, 3.8) is 0 Å². The van der Waals surface area contributed by atoms with Crippen LogP contribution in [0, 0.1) is 6.92 Å². The summed E-state index contributed by atoms with van der Waals surface area (Å²) in [6.07, 6.45) is -0.165. The van der Waals surface area contributed by atoms with E-state index in [1.54, 1.807) is 36.4 Å². The molecular formula is C23H27N3O4S2. The molecule has 0 saturated heterocycles. The van der Waals surface area contributed by atoms with Crippen molar-refractivity contribution >= 4 is 27.6 Å². The first kappa shape index (κ1) is 24.0. The molecule has 3 aromatic rings. The first-order valence-electron chi connectivity index (χ1n) is 10.3. The number of carbonyl (C=O) groups is 1. The van der Waals surface area contributed by atoms with Crippen LogP contribution in [0.5, 0.6) is 0 Å². The van der Waals surface area contributed by atoms with E-state index in [4.69, 9.17) is 4.74 Å². The first-order valence-corrected chi connectivity index (χ1v) is 13.0. The third kappa shape index (κ3) is 5.98. The van der Waals surface area contributed by atoms with Crippen LogP contribution in [0.3, 0.4) is 0 Å². The molecule has 1 aromatic heterocycles. The molecule has 0 atom stereocenters. The molecule has 0 saturated carbocycles. The monoisotopic (exact) mass is 473 g/mol. The van der Waals surface area contributed by atoms with Gasteiger partial charge in [-0.2, -0.15) is 0 Å². The molecule has 32 heavy (non-hydrogen) atoms. The predicted molar refractivity (Wildman–Crippen MR) is 124 cm³/mol. The Morgan fingerprint density at radius 1 is 1.06 bits per heavy atom. The number of esters is 1. The fourth-order valence-electron chi connectivity index (χ4n) is 3.02. The maximum atomic E-state index is 12.8. The minimum Gasteiger partial charge on any atom is -0.459 e. The van der Waals surface area contributed by atoms with Crippen molar-refractivity contribution in [2.24, 2.45) is 0 Å². The number of nitrogens with zero attached hydrogens (tertiary/aromatic N) is 3. The fourth-order valence-corrected chi connectivity index (χ4v) is 5.26. The molecule has 0 radical (unpaired) electrons. The van der Waals surface area contributed by atoms with Crippen LogP contribution in [-0.2, 0) is 32.6 Å². The number of carbonyl (C=O) groups excluding carboxylic acids is 1. The Morgan fingerprint density at radius 2 is 1.72 bits per heavy atom. The second kappa shape index (κ2) is 10.3. The van der Waals surface area contributed by atoms with Gasteiger partial charge in [-0.3, -0.25) is 0 Å². The summed E-state index contributed by atoms with van der Waals surface area (Å²) in [7, 11) is -3.51. The number of aromatic nitrogens is 3. The Balaban J connectivity index is 1.69. The van der Waals surface area contributed by atoms with Crippen molar-refractivity contribution in [2.45, 2.75) is 61.9 Å². The summed E-state index contributed by atoms with van der Waals surface area (Å²) in [4.78, 5) is 12.2. The average Bonchev–Trinajstić information content (AvgIpc) is 3.13. The Bertz CT molecular complexity index is 1170. The van der Waals surface area contributed by atoms with Crippen molar-refractivity contribution in [2.75, 3.05) is 0 Å². The SMILES string of the molecule is CCn1c(CS(=O)(=O)c2ccc(C)cc2)nnc1SCc1ccc(C(=O)OC(C)C)cc1. The number of benzene rings is 2. The number of hydrogen-bond acceptors (Lipinski definition) is 7. The molecule has 3 rings (SSSR count).